The van der Waals surface area contributed by atoms with Gasteiger partial charge in [0.15, 0.2) is 0 Å². The Hall–Kier alpha value is -2.27. The normalized spacial score (nSPS) is 10.1. The second kappa shape index (κ2) is 7.66. The molecule has 1 aromatic heterocycles. The molecule has 1 aromatic carbocycles. The Morgan fingerprint density at radius 2 is 1.95 bits per heavy atom. The Morgan fingerprint density at radius 3 is 2.64 bits per heavy atom. The molecular weight excluding hydrogens is 304 g/mol. The van der Waals surface area contributed by atoms with Crippen LogP contribution in [0.2, 0.25) is 5.15 Å². The zero-order valence-electron chi connectivity index (χ0n) is 12.4. The summed E-state index contributed by atoms with van der Waals surface area (Å²) in [7, 11) is 0. The quantitative estimate of drug-likeness (QED) is 0.823. The number of nitrogens with one attached hydrogen (secondary N) is 1. The second-order valence-corrected chi connectivity index (χ2v) is 4.73. The number of benzene rings is 1. The maximum absolute atomic E-state index is 12.3. The fourth-order valence-corrected chi connectivity index (χ4v) is 2.06. The van der Waals surface area contributed by atoms with Crippen LogP contribution < -0.4 is 14.8 Å². The Labute approximate surface area is 134 Å². The first-order valence-corrected chi connectivity index (χ1v) is 7.34. The predicted octanol–water partition coefficient (Wildman–Crippen LogP) is 3.78. The zero-order valence-corrected chi connectivity index (χ0v) is 13.2. The molecule has 0 saturated carbocycles. The first-order chi connectivity index (χ1) is 10.6. The van der Waals surface area contributed by atoms with Crippen molar-refractivity contribution in [3.05, 3.63) is 47.2 Å². The standard InChI is InChI=1S/C16H17ClN2O3/c1-3-21-12-5-6-14(22-4-2)13(10-12)19-16(20)11-7-8-18-15(17)9-11/h5-10H,3-4H2,1-2H3,(H,19,20). The lowest BCUT2D eigenvalue weighted by atomic mass is 10.2. The molecule has 22 heavy (non-hydrogen) atoms. The van der Waals surface area contributed by atoms with Gasteiger partial charge in [0.1, 0.15) is 16.7 Å². The molecule has 6 heteroatoms. The van der Waals surface area contributed by atoms with E-state index < -0.39 is 0 Å². The number of carbonyl (C=O) groups is 1. The number of pyridine rings is 1. The first-order valence-electron chi connectivity index (χ1n) is 6.96. The van der Waals surface area contributed by atoms with E-state index in [1.807, 2.05) is 13.8 Å². The summed E-state index contributed by atoms with van der Waals surface area (Å²) >= 11 is 5.80. The van der Waals surface area contributed by atoms with Gasteiger partial charge in [-0.2, -0.15) is 0 Å². The van der Waals surface area contributed by atoms with Gasteiger partial charge in [-0.3, -0.25) is 4.79 Å². The predicted molar refractivity (Wildman–Crippen MR) is 86.0 cm³/mol. The van der Waals surface area contributed by atoms with Gasteiger partial charge < -0.3 is 14.8 Å². The second-order valence-electron chi connectivity index (χ2n) is 4.35. The minimum absolute atomic E-state index is 0.265. The number of halogens is 1. The molecule has 1 heterocycles. The number of anilines is 1. The summed E-state index contributed by atoms with van der Waals surface area (Å²) in [6, 6.07) is 8.39. The summed E-state index contributed by atoms with van der Waals surface area (Å²) in [6.07, 6.45) is 1.48. The molecule has 1 amide bonds. The van der Waals surface area contributed by atoms with Crippen LogP contribution in [-0.4, -0.2) is 24.1 Å². The number of aromatic nitrogens is 1. The molecule has 0 fully saturated rings. The number of nitrogens with zero attached hydrogens (tertiary/aromatic N) is 1. The third-order valence-electron chi connectivity index (χ3n) is 2.80. The van der Waals surface area contributed by atoms with E-state index in [2.05, 4.69) is 10.3 Å². The van der Waals surface area contributed by atoms with Crippen molar-refractivity contribution in [2.45, 2.75) is 13.8 Å². The summed E-state index contributed by atoms with van der Waals surface area (Å²) in [6.45, 7) is 4.82. The summed E-state index contributed by atoms with van der Waals surface area (Å²) in [5.74, 6) is 0.951. The van der Waals surface area contributed by atoms with Gasteiger partial charge in [-0.15, -0.1) is 0 Å². The van der Waals surface area contributed by atoms with Gasteiger partial charge in [0.2, 0.25) is 0 Å². The highest BCUT2D eigenvalue weighted by Gasteiger charge is 2.12. The molecule has 0 bridgehead atoms. The topological polar surface area (TPSA) is 60.5 Å². The van der Waals surface area contributed by atoms with Crippen molar-refractivity contribution in [3.63, 3.8) is 0 Å². The molecule has 0 unspecified atom stereocenters. The smallest absolute Gasteiger partial charge is 0.255 e. The third kappa shape index (κ3) is 4.11. The maximum atomic E-state index is 12.3. The van der Waals surface area contributed by atoms with Crippen molar-refractivity contribution in [2.75, 3.05) is 18.5 Å². The number of amides is 1. The van der Waals surface area contributed by atoms with E-state index in [1.54, 1.807) is 24.3 Å². The van der Waals surface area contributed by atoms with E-state index >= 15 is 0 Å². The van der Waals surface area contributed by atoms with Gasteiger partial charge in [0.25, 0.3) is 5.91 Å². The molecule has 2 aromatic rings. The van der Waals surface area contributed by atoms with Crippen LogP contribution in [0.3, 0.4) is 0 Å². The summed E-state index contributed by atoms with van der Waals surface area (Å²) in [5, 5.41) is 3.07. The van der Waals surface area contributed by atoms with E-state index in [9.17, 15) is 4.79 Å². The molecule has 0 aliphatic carbocycles. The highest BCUT2D eigenvalue weighted by atomic mass is 35.5. The minimum Gasteiger partial charge on any atom is -0.494 e. The number of hydrogen-bond acceptors (Lipinski definition) is 4. The van der Waals surface area contributed by atoms with E-state index in [-0.39, 0.29) is 11.1 Å². The van der Waals surface area contributed by atoms with Gasteiger partial charge in [-0.25, -0.2) is 4.98 Å². The zero-order chi connectivity index (χ0) is 15.9. The van der Waals surface area contributed by atoms with Gasteiger partial charge in [-0.1, -0.05) is 11.6 Å². The van der Waals surface area contributed by atoms with Crippen LogP contribution >= 0.6 is 11.6 Å². The van der Waals surface area contributed by atoms with Gasteiger partial charge in [0.05, 0.1) is 18.9 Å². The largest absolute Gasteiger partial charge is 0.494 e. The van der Waals surface area contributed by atoms with Crippen molar-refractivity contribution >= 4 is 23.2 Å². The maximum Gasteiger partial charge on any atom is 0.255 e. The first kappa shape index (κ1) is 16.1. The monoisotopic (exact) mass is 320 g/mol. The van der Waals surface area contributed by atoms with Crippen LogP contribution in [0.5, 0.6) is 11.5 Å². The molecular formula is C16H17ClN2O3. The molecule has 2 rings (SSSR count). The lowest BCUT2D eigenvalue weighted by Gasteiger charge is -2.13. The number of carbonyl (C=O) groups excluding carboxylic acids is 1. The highest BCUT2D eigenvalue weighted by Crippen LogP contribution is 2.30. The fourth-order valence-electron chi connectivity index (χ4n) is 1.88. The number of ether oxygens (including phenoxy) is 2. The Balaban J connectivity index is 2.25. The number of rotatable bonds is 6. The van der Waals surface area contributed by atoms with E-state index in [0.717, 1.165) is 0 Å². The van der Waals surface area contributed by atoms with Crippen molar-refractivity contribution in [1.82, 2.24) is 4.98 Å². The third-order valence-corrected chi connectivity index (χ3v) is 3.01. The Morgan fingerprint density at radius 1 is 1.18 bits per heavy atom. The van der Waals surface area contributed by atoms with Crippen molar-refractivity contribution in [2.24, 2.45) is 0 Å². The summed E-state index contributed by atoms with van der Waals surface area (Å²) < 4.78 is 11.0. The molecule has 116 valence electrons. The van der Waals surface area contributed by atoms with Crippen LogP contribution in [0.25, 0.3) is 0 Å². The SMILES string of the molecule is CCOc1ccc(OCC)c(NC(=O)c2ccnc(Cl)c2)c1. The average molecular weight is 321 g/mol. The minimum atomic E-state index is -0.293. The summed E-state index contributed by atoms with van der Waals surface area (Å²) in [4.78, 5) is 16.2. The summed E-state index contributed by atoms with van der Waals surface area (Å²) in [5.41, 5.74) is 0.968. The molecule has 0 spiro atoms. The van der Waals surface area contributed by atoms with Crippen molar-refractivity contribution < 1.29 is 14.3 Å². The molecule has 0 saturated heterocycles. The molecule has 5 nitrogen and oxygen atoms in total. The molecule has 0 atom stereocenters. The van der Waals surface area contributed by atoms with Crippen LogP contribution in [0.1, 0.15) is 24.2 Å². The van der Waals surface area contributed by atoms with Crippen molar-refractivity contribution in [3.8, 4) is 11.5 Å². The lowest BCUT2D eigenvalue weighted by molar-refractivity contribution is 0.102. The molecule has 1 N–H and O–H groups in total. The molecule has 0 aliphatic rings. The molecule has 0 radical (unpaired) electrons. The van der Waals surface area contributed by atoms with Crippen LogP contribution in [0.15, 0.2) is 36.5 Å². The van der Waals surface area contributed by atoms with Crippen LogP contribution in [-0.2, 0) is 0 Å². The van der Waals surface area contributed by atoms with Crippen LogP contribution in [0, 0.1) is 0 Å². The van der Waals surface area contributed by atoms with E-state index in [4.69, 9.17) is 21.1 Å². The van der Waals surface area contributed by atoms with Gasteiger partial charge in [0, 0.05) is 17.8 Å². The number of hydrogen-bond donors (Lipinski definition) is 1. The highest BCUT2D eigenvalue weighted by molar-refractivity contribution is 6.29. The average Bonchev–Trinajstić information content (AvgIpc) is 2.50. The van der Waals surface area contributed by atoms with Gasteiger partial charge >= 0.3 is 0 Å². The fraction of sp³-hybridized carbons (Fsp3) is 0.250. The molecule has 0 aliphatic heterocycles. The Bertz CT molecular complexity index is 662. The van der Waals surface area contributed by atoms with E-state index in [0.29, 0.717) is 36.0 Å². The van der Waals surface area contributed by atoms with Crippen molar-refractivity contribution in [1.29, 1.82) is 0 Å². The lowest BCUT2D eigenvalue weighted by Crippen LogP contribution is -2.13. The van der Waals surface area contributed by atoms with E-state index in [1.165, 1.54) is 12.3 Å². The van der Waals surface area contributed by atoms with Gasteiger partial charge in [-0.05, 0) is 38.1 Å². The Kier molecular flexibility index (Phi) is 5.61. The van der Waals surface area contributed by atoms with Crippen LogP contribution in [0.4, 0.5) is 5.69 Å².